The number of carbonyl (C=O) groups excluding carboxylic acids is 2. The van der Waals surface area contributed by atoms with Crippen molar-refractivity contribution < 1.29 is 29.3 Å². The number of Topliss-reactive ketones (excluding diaryl/α,β-unsaturated/α-hetero) is 1. The molecule has 206 valence electrons. The third kappa shape index (κ3) is 5.96. The first-order valence-electron chi connectivity index (χ1n) is 13.4. The summed E-state index contributed by atoms with van der Waals surface area (Å²) in [6.45, 7) is 9.13. The summed E-state index contributed by atoms with van der Waals surface area (Å²) in [4.78, 5) is 31.3. The lowest BCUT2D eigenvalue weighted by Crippen LogP contribution is -2.46. The third-order valence-corrected chi connectivity index (χ3v) is 9.41. The van der Waals surface area contributed by atoms with Crippen molar-refractivity contribution in [3.8, 4) is 12.3 Å². The van der Waals surface area contributed by atoms with Crippen LogP contribution in [0.1, 0.15) is 82.9 Å². The van der Waals surface area contributed by atoms with Gasteiger partial charge in [0.1, 0.15) is 11.9 Å². The Morgan fingerprint density at radius 3 is 2.68 bits per heavy atom. The van der Waals surface area contributed by atoms with Crippen LogP contribution in [0, 0.1) is 36.5 Å². The van der Waals surface area contributed by atoms with Crippen molar-refractivity contribution in [2.75, 3.05) is 0 Å². The minimum Gasteiger partial charge on any atom is -0.457 e. The molecule has 2 aliphatic heterocycles. The second-order valence-electron chi connectivity index (χ2n) is 11.8. The number of terminal acetylenes is 1. The van der Waals surface area contributed by atoms with Crippen LogP contribution in [0.15, 0.2) is 18.2 Å². The second-order valence-corrected chi connectivity index (χ2v) is 13.0. The number of aryl methyl sites for hydroxylation is 1. The number of aliphatic hydroxyl groups excluding tert-OH is 2. The van der Waals surface area contributed by atoms with E-state index in [-0.39, 0.29) is 36.2 Å². The Morgan fingerprint density at radius 2 is 1.97 bits per heavy atom. The highest BCUT2D eigenvalue weighted by molar-refractivity contribution is 7.18. The van der Waals surface area contributed by atoms with Gasteiger partial charge in [0, 0.05) is 12.8 Å². The van der Waals surface area contributed by atoms with Crippen molar-refractivity contribution in [1.29, 1.82) is 0 Å². The number of ketones is 1. The highest BCUT2D eigenvalue weighted by Gasteiger charge is 2.53. The smallest absolute Gasteiger partial charge is 0.309 e. The Kier molecular flexibility index (Phi) is 8.34. The molecule has 0 saturated carbocycles. The molecular weight excluding hydrogens is 502 g/mol. The molecule has 4 rings (SSSR count). The first-order chi connectivity index (χ1) is 17.9. The van der Waals surface area contributed by atoms with E-state index in [0.29, 0.717) is 12.8 Å². The lowest BCUT2D eigenvalue weighted by Gasteiger charge is -2.35. The molecule has 0 aliphatic carbocycles. The monoisotopic (exact) mass is 541 g/mol. The van der Waals surface area contributed by atoms with E-state index in [1.807, 2.05) is 32.0 Å². The average molecular weight is 542 g/mol. The molecule has 2 aliphatic rings. The Bertz CT molecular complexity index is 1230. The SMILES string of the molecule is C#CCC1C(=O)C(C)(C)C(O)CC(=O)OC(c2ccc3sc(C)nc3c2)CC2OC2(C)CCCC(C)C1O. The number of rotatable bonds is 2. The molecule has 3 heterocycles. The van der Waals surface area contributed by atoms with Crippen molar-refractivity contribution in [3.63, 3.8) is 0 Å². The van der Waals surface area contributed by atoms with Gasteiger partial charge in [-0.15, -0.1) is 23.7 Å². The molecule has 0 radical (unpaired) electrons. The maximum atomic E-state index is 13.6. The second kappa shape index (κ2) is 11.1. The van der Waals surface area contributed by atoms with Gasteiger partial charge in [-0.05, 0) is 50.3 Å². The normalized spacial score (nSPS) is 34.8. The quantitative estimate of drug-likeness (QED) is 0.316. The van der Waals surface area contributed by atoms with Crippen LogP contribution in [-0.4, -0.2) is 50.9 Å². The number of carbonyl (C=O) groups is 2. The molecule has 1 aromatic heterocycles. The number of benzene rings is 1. The van der Waals surface area contributed by atoms with E-state index in [2.05, 4.69) is 17.8 Å². The van der Waals surface area contributed by atoms with E-state index in [0.717, 1.165) is 33.6 Å². The molecular formula is C30H39NO6S. The van der Waals surface area contributed by atoms with Crippen LogP contribution < -0.4 is 0 Å². The fraction of sp³-hybridized carbons (Fsp3) is 0.633. The van der Waals surface area contributed by atoms with Gasteiger partial charge in [-0.2, -0.15) is 0 Å². The summed E-state index contributed by atoms with van der Waals surface area (Å²) >= 11 is 1.61. The van der Waals surface area contributed by atoms with Gasteiger partial charge in [0.05, 0.1) is 56.9 Å². The highest BCUT2D eigenvalue weighted by atomic mass is 32.1. The Morgan fingerprint density at radius 1 is 1.24 bits per heavy atom. The van der Waals surface area contributed by atoms with Crippen molar-refractivity contribution in [1.82, 2.24) is 4.98 Å². The van der Waals surface area contributed by atoms with Crippen LogP contribution >= 0.6 is 11.3 Å². The van der Waals surface area contributed by atoms with Gasteiger partial charge in [-0.25, -0.2) is 4.98 Å². The zero-order valence-electron chi connectivity index (χ0n) is 22.9. The molecule has 0 amide bonds. The molecule has 2 N–H and O–H groups in total. The number of cyclic esters (lactones) is 1. The molecule has 7 nitrogen and oxygen atoms in total. The summed E-state index contributed by atoms with van der Waals surface area (Å²) in [5.74, 6) is 0.573. The Hall–Kier alpha value is -2.31. The number of hydrogen-bond donors (Lipinski definition) is 2. The maximum Gasteiger partial charge on any atom is 0.309 e. The molecule has 7 atom stereocenters. The summed E-state index contributed by atoms with van der Waals surface area (Å²) in [7, 11) is 0. The van der Waals surface area contributed by atoms with E-state index in [1.165, 1.54) is 0 Å². The van der Waals surface area contributed by atoms with Gasteiger partial charge < -0.3 is 19.7 Å². The lowest BCUT2D eigenvalue weighted by molar-refractivity contribution is -0.156. The first kappa shape index (κ1) is 28.7. The molecule has 0 bridgehead atoms. The largest absolute Gasteiger partial charge is 0.457 e. The Labute approximate surface area is 228 Å². The maximum absolute atomic E-state index is 13.6. The lowest BCUT2D eigenvalue weighted by atomic mass is 9.71. The van der Waals surface area contributed by atoms with E-state index in [4.69, 9.17) is 15.9 Å². The summed E-state index contributed by atoms with van der Waals surface area (Å²) in [5.41, 5.74) is 0.0315. The van der Waals surface area contributed by atoms with Crippen LogP contribution in [0.4, 0.5) is 0 Å². The minimum atomic E-state index is -1.30. The van der Waals surface area contributed by atoms with Gasteiger partial charge in [-0.3, -0.25) is 9.59 Å². The van der Waals surface area contributed by atoms with Crippen LogP contribution in [0.2, 0.25) is 0 Å². The van der Waals surface area contributed by atoms with Crippen LogP contribution in [-0.2, 0) is 19.1 Å². The fourth-order valence-corrected chi connectivity index (χ4v) is 6.42. The summed E-state index contributed by atoms with van der Waals surface area (Å²) in [6.07, 6.45) is 5.15. The van der Waals surface area contributed by atoms with Crippen molar-refractivity contribution in [3.05, 3.63) is 28.8 Å². The van der Waals surface area contributed by atoms with Crippen LogP contribution in [0.3, 0.4) is 0 Å². The fourth-order valence-electron chi connectivity index (χ4n) is 5.61. The number of fused-ring (bicyclic) bond motifs is 2. The zero-order valence-corrected chi connectivity index (χ0v) is 23.7. The third-order valence-electron chi connectivity index (χ3n) is 8.46. The Balaban J connectivity index is 1.63. The molecule has 2 aromatic rings. The molecule has 7 unspecified atom stereocenters. The van der Waals surface area contributed by atoms with Crippen molar-refractivity contribution >= 4 is 33.3 Å². The predicted molar refractivity (Wildman–Crippen MR) is 146 cm³/mol. The number of ether oxygens (including phenoxy) is 2. The van der Waals surface area contributed by atoms with Crippen molar-refractivity contribution in [2.45, 2.75) is 103 Å². The molecule has 38 heavy (non-hydrogen) atoms. The molecule has 2 saturated heterocycles. The zero-order chi connectivity index (χ0) is 27.8. The number of aliphatic hydroxyl groups is 2. The molecule has 8 heteroatoms. The number of aromatic nitrogens is 1. The summed E-state index contributed by atoms with van der Waals surface area (Å²) in [5, 5.41) is 23.1. The minimum absolute atomic E-state index is 0.0640. The van der Waals surface area contributed by atoms with Crippen molar-refractivity contribution in [2.24, 2.45) is 17.3 Å². The van der Waals surface area contributed by atoms with E-state index < -0.39 is 35.6 Å². The van der Waals surface area contributed by atoms with Crippen LogP contribution in [0.5, 0.6) is 0 Å². The highest BCUT2D eigenvalue weighted by Crippen LogP contribution is 2.47. The predicted octanol–water partition coefficient (Wildman–Crippen LogP) is 4.90. The van der Waals surface area contributed by atoms with Gasteiger partial charge in [0.2, 0.25) is 0 Å². The molecule has 0 spiro atoms. The van der Waals surface area contributed by atoms with Gasteiger partial charge in [-0.1, -0.05) is 33.3 Å². The number of hydrogen-bond acceptors (Lipinski definition) is 8. The van der Waals surface area contributed by atoms with E-state index >= 15 is 0 Å². The summed E-state index contributed by atoms with van der Waals surface area (Å²) in [6, 6.07) is 5.89. The average Bonchev–Trinajstić information content (AvgIpc) is 3.32. The van der Waals surface area contributed by atoms with Gasteiger partial charge in [0.25, 0.3) is 0 Å². The number of thiazole rings is 1. The topological polar surface area (TPSA) is 109 Å². The van der Waals surface area contributed by atoms with E-state index in [9.17, 15) is 19.8 Å². The molecule has 1 aromatic carbocycles. The first-order valence-corrected chi connectivity index (χ1v) is 14.3. The summed E-state index contributed by atoms with van der Waals surface area (Å²) < 4.78 is 13.1. The molecule has 2 fully saturated rings. The number of esters is 1. The van der Waals surface area contributed by atoms with E-state index in [1.54, 1.807) is 25.2 Å². The van der Waals surface area contributed by atoms with Gasteiger partial charge in [0.15, 0.2) is 0 Å². The standard InChI is InChI=1S/C30H39NO6S/c1-7-9-20-27(34)17(2)10-8-13-30(6)25(37-30)15-22(19-11-12-23-21(14-19)31-18(3)38-23)36-26(33)16-24(32)29(4,5)28(20)35/h1,11-12,14,17,20,22,24-25,27,32,34H,8-10,13,15-16H2,2-6H3. The number of epoxide rings is 1. The van der Waals surface area contributed by atoms with Crippen LogP contribution in [0.25, 0.3) is 10.2 Å². The van der Waals surface area contributed by atoms with Gasteiger partial charge >= 0.3 is 5.97 Å². The number of nitrogens with zero attached hydrogens (tertiary/aromatic N) is 1.